The largest absolute Gasteiger partial charge is 0.386 e. The minimum absolute atomic E-state index is 0.165. The van der Waals surface area contributed by atoms with Crippen LogP contribution in [0.3, 0.4) is 0 Å². The minimum Gasteiger partial charge on any atom is -0.386 e. The maximum absolute atomic E-state index is 13.7. The van der Waals surface area contributed by atoms with Crippen LogP contribution in [0.4, 0.5) is 0 Å². The molecule has 192 valence electrons. The lowest BCUT2D eigenvalue weighted by Gasteiger charge is -2.30. The molecule has 0 aliphatic carbocycles. The highest BCUT2D eigenvalue weighted by molar-refractivity contribution is 7.15. The summed E-state index contributed by atoms with van der Waals surface area (Å²) in [5, 5.41) is 8.01. The third-order valence-corrected chi connectivity index (χ3v) is 10.6. The first kappa shape index (κ1) is 23.6. The van der Waals surface area contributed by atoms with Gasteiger partial charge in [0.15, 0.2) is 0 Å². The van der Waals surface area contributed by atoms with Crippen molar-refractivity contribution >= 4 is 80.0 Å². The number of cyclic esters (lactones) is 4. The molecule has 0 spiro atoms. The summed E-state index contributed by atoms with van der Waals surface area (Å²) >= 11 is 5.60. The molecule has 2 aliphatic heterocycles. The standard InChI is InChI=1S/C30H12O6S4/c31-27-23-17(13-5-1-9-37-13)18(14-6-2-10-38-14)24-22-21(23)25(29(33)35-27)19(15-7-3-11-39-15)20(16-8-4-12-40-16)26(22)30(34)36-28(24)32/h1-12H. The minimum atomic E-state index is -0.816. The average molecular weight is 597 g/mol. The van der Waals surface area contributed by atoms with Crippen molar-refractivity contribution in [2.75, 3.05) is 0 Å². The number of benzene rings is 2. The lowest BCUT2D eigenvalue weighted by molar-refractivity contribution is 0.0367. The molecule has 6 aromatic rings. The fraction of sp³-hybridized carbons (Fsp3) is 0. The number of thiophene rings is 4. The van der Waals surface area contributed by atoms with Crippen molar-refractivity contribution in [2.45, 2.75) is 0 Å². The van der Waals surface area contributed by atoms with Gasteiger partial charge in [0, 0.05) is 52.5 Å². The number of esters is 4. The topological polar surface area (TPSA) is 86.7 Å². The van der Waals surface area contributed by atoms with Crippen LogP contribution in [0.5, 0.6) is 0 Å². The molecule has 0 unspecified atom stereocenters. The van der Waals surface area contributed by atoms with Crippen LogP contribution < -0.4 is 0 Å². The number of carbonyl (C=O) groups excluding carboxylic acids is 4. The summed E-state index contributed by atoms with van der Waals surface area (Å²) in [4.78, 5) is 57.7. The normalized spacial score (nSPS) is 14.1. The number of rotatable bonds is 4. The smallest absolute Gasteiger partial charge is 0.347 e. The van der Waals surface area contributed by atoms with Gasteiger partial charge >= 0.3 is 23.9 Å². The molecular formula is C30H12O6S4. The Labute approximate surface area is 241 Å². The molecule has 0 N–H and O–H groups in total. The summed E-state index contributed by atoms with van der Waals surface area (Å²) in [6.45, 7) is 0. The van der Waals surface area contributed by atoms with Gasteiger partial charge in [-0.05, 0) is 45.8 Å². The van der Waals surface area contributed by atoms with Crippen molar-refractivity contribution in [1.29, 1.82) is 0 Å². The van der Waals surface area contributed by atoms with Crippen LogP contribution in [0.25, 0.3) is 52.5 Å². The summed E-state index contributed by atoms with van der Waals surface area (Å²) in [5.41, 5.74) is 2.59. The van der Waals surface area contributed by atoms with E-state index in [1.807, 2.05) is 70.1 Å². The van der Waals surface area contributed by atoms with Gasteiger partial charge in [0.25, 0.3) is 0 Å². The molecule has 0 saturated heterocycles. The summed E-state index contributed by atoms with van der Waals surface area (Å²) < 4.78 is 10.9. The highest BCUT2D eigenvalue weighted by Crippen LogP contribution is 2.55. The van der Waals surface area contributed by atoms with E-state index in [1.54, 1.807) is 0 Å². The van der Waals surface area contributed by atoms with Gasteiger partial charge in [-0.3, -0.25) is 0 Å². The first-order valence-corrected chi connectivity index (χ1v) is 15.5. The molecule has 0 bridgehead atoms. The Morgan fingerprint density at radius 2 is 0.625 bits per heavy atom. The van der Waals surface area contributed by atoms with Crippen molar-refractivity contribution in [2.24, 2.45) is 0 Å². The van der Waals surface area contributed by atoms with Crippen LogP contribution in [0.15, 0.2) is 70.1 Å². The van der Waals surface area contributed by atoms with Crippen molar-refractivity contribution in [3.8, 4) is 41.8 Å². The first-order valence-electron chi connectivity index (χ1n) is 12.0. The van der Waals surface area contributed by atoms with Crippen LogP contribution in [0, 0.1) is 0 Å². The molecule has 40 heavy (non-hydrogen) atoms. The molecule has 0 radical (unpaired) electrons. The highest BCUT2D eigenvalue weighted by Gasteiger charge is 2.44. The molecule has 0 fully saturated rings. The second-order valence-corrected chi connectivity index (χ2v) is 12.8. The molecule has 0 amide bonds. The SMILES string of the molecule is O=C1OC(=O)c2c(-c3cccs3)c(-c3cccs3)c3c4c(c(-c5cccs5)c(-c5cccs5)c1c24)C(=O)OC3=O. The predicted octanol–water partition coefficient (Wildman–Crippen LogP) is 8.38. The highest BCUT2D eigenvalue weighted by atomic mass is 32.1. The van der Waals surface area contributed by atoms with E-state index < -0.39 is 23.9 Å². The first-order chi connectivity index (χ1) is 19.5. The number of hydrogen-bond donors (Lipinski definition) is 0. The van der Waals surface area contributed by atoms with Gasteiger partial charge < -0.3 is 9.47 Å². The molecule has 6 heterocycles. The Bertz CT molecular complexity index is 1760. The Kier molecular flexibility index (Phi) is 5.11. The van der Waals surface area contributed by atoms with Gasteiger partial charge in [0.2, 0.25) is 0 Å². The third kappa shape index (κ3) is 3.12. The van der Waals surface area contributed by atoms with Crippen LogP contribution in [0.1, 0.15) is 41.4 Å². The van der Waals surface area contributed by atoms with Crippen molar-refractivity contribution in [3.05, 3.63) is 92.3 Å². The van der Waals surface area contributed by atoms with Gasteiger partial charge in [-0.15, -0.1) is 45.3 Å². The van der Waals surface area contributed by atoms with Crippen molar-refractivity contribution in [1.82, 2.24) is 0 Å². The Morgan fingerprint density at radius 1 is 0.375 bits per heavy atom. The van der Waals surface area contributed by atoms with E-state index in [0.29, 0.717) is 22.3 Å². The number of hydrogen-bond acceptors (Lipinski definition) is 10. The Balaban J connectivity index is 1.74. The average Bonchev–Trinajstić information content (AvgIpc) is 3.76. The zero-order valence-corrected chi connectivity index (χ0v) is 23.3. The van der Waals surface area contributed by atoms with E-state index in [1.165, 1.54) is 45.3 Å². The van der Waals surface area contributed by atoms with E-state index in [0.717, 1.165) is 19.5 Å². The zero-order valence-electron chi connectivity index (χ0n) is 20.0. The van der Waals surface area contributed by atoms with Crippen molar-refractivity contribution < 1.29 is 28.7 Å². The number of ether oxygens (including phenoxy) is 2. The second-order valence-electron chi connectivity index (χ2n) is 9.01. The molecular weight excluding hydrogens is 585 g/mol. The van der Waals surface area contributed by atoms with Gasteiger partial charge in [-0.2, -0.15) is 0 Å². The molecule has 6 nitrogen and oxygen atoms in total. The van der Waals surface area contributed by atoms with Gasteiger partial charge in [-0.25, -0.2) is 19.2 Å². The maximum atomic E-state index is 13.7. The molecule has 0 atom stereocenters. The summed E-state index contributed by atoms with van der Waals surface area (Å²) in [6.07, 6.45) is 0. The summed E-state index contributed by atoms with van der Waals surface area (Å²) in [7, 11) is 0. The second kappa shape index (κ2) is 8.64. The molecule has 8 rings (SSSR count). The maximum Gasteiger partial charge on any atom is 0.347 e. The third-order valence-electron chi connectivity index (χ3n) is 7.01. The fourth-order valence-corrected chi connectivity index (χ4v) is 8.74. The lowest BCUT2D eigenvalue weighted by Crippen LogP contribution is -2.28. The molecule has 4 aromatic heterocycles. The molecule has 2 aromatic carbocycles. The zero-order chi connectivity index (χ0) is 27.1. The monoisotopic (exact) mass is 596 g/mol. The van der Waals surface area contributed by atoms with E-state index in [-0.39, 0.29) is 33.0 Å². The lowest BCUT2D eigenvalue weighted by atomic mass is 9.77. The van der Waals surface area contributed by atoms with Crippen LogP contribution in [0.2, 0.25) is 0 Å². The fourth-order valence-electron chi connectivity index (χ4n) is 5.61. The van der Waals surface area contributed by atoms with Gasteiger partial charge in [0.05, 0.1) is 22.3 Å². The Morgan fingerprint density at radius 3 is 0.825 bits per heavy atom. The van der Waals surface area contributed by atoms with Crippen LogP contribution in [-0.4, -0.2) is 23.9 Å². The van der Waals surface area contributed by atoms with Crippen molar-refractivity contribution in [3.63, 3.8) is 0 Å². The van der Waals surface area contributed by atoms with Crippen LogP contribution >= 0.6 is 45.3 Å². The summed E-state index contributed by atoms with van der Waals surface area (Å²) in [6, 6.07) is 14.8. The summed E-state index contributed by atoms with van der Waals surface area (Å²) in [5.74, 6) is -3.26. The van der Waals surface area contributed by atoms with Gasteiger partial charge in [0.1, 0.15) is 0 Å². The molecule has 2 aliphatic rings. The Hall–Kier alpha value is -4.22. The van der Waals surface area contributed by atoms with E-state index in [2.05, 4.69) is 0 Å². The van der Waals surface area contributed by atoms with Crippen LogP contribution in [-0.2, 0) is 9.47 Å². The van der Waals surface area contributed by atoms with E-state index in [9.17, 15) is 19.2 Å². The molecule has 10 heteroatoms. The molecule has 0 saturated carbocycles. The number of carbonyl (C=O) groups is 4. The van der Waals surface area contributed by atoms with E-state index >= 15 is 0 Å². The van der Waals surface area contributed by atoms with E-state index in [4.69, 9.17) is 9.47 Å². The van der Waals surface area contributed by atoms with Gasteiger partial charge in [-0.1, -0.05) is 24.3 Å². The quantitative estimate of drug-likeness (QED) is 0.150. The predicted molar refractivity (Wildman–Crippen MR) is 157 cm³/mol.